The molecular formula is C32H29ClF3NO5. The van der Waals surface area contributed by atoms with Gasteiger partial charge in [-0.05, 0) is 93.7 Å². The lowest BCUT2D eigenvalue weighted by atomic mass is 9.98. The van der Waals surface area contributed by atoms with Crippen LogP contribution in [0.25, 0.3) is 11.0 Å². The van der Waals surface area contributed by atoms with Gasteiger partial charge in [0.15, 0.2) is 0 Å². The third kappa shape index (κ3) is 6.32. The second-order valence-corrected chi connectivity index (χ2v) is 11.1. The van der Waals surface area contributed by atoms with Crippen LogP contribution in [0, 0.1) is 19.8 Å². The van der Waals surface area contributed by atoms with Crippen LogP contribution in [-0.2, 0) is 12.7 Å². The lowest BCUT2D eigenvalue weighted by molar-refractivity contribution is -0.154. The Balaban J connectivity index is 1.65. The molecule has 1 aromatic heterocycles. The first-order valence-electron chi connectivity index (χ1n) is 13.6. The summed E-state index contributed by atoms with van der Waals surface area (Å²) in [4.78, 5) is 28.7. The number of halogens is 4. The molecule has 4 aromatic rings. The average Bonchev–Trinajstić information content (AvgIpc) is 2.94. The first-order valence-corrected chi connectivity index (χ1v) is 13.9. The van der Waals surface area contributed by atoms with E-state index in [1.807, 2.05) is 11.8 Å². The van der Waals surface area contributed by atoms with Gasteiger partial charge in [-0.2, -0.15) is 13.2 Å². The third-order valence-corrected chi connectivity index (χ3v) is 7.86. The van der Waals surface area contributed by atoms with Gasteiger partial charge in [0, 0.05) is 11.6 Å². The number of rotatable bonds is 6. The van der Waals surface area contributed by atoms with Crippen LogP contribution in [0.15, 0.2) is 63.8 Å². The van der Waals surface area contributed by atoms with Crippen LogP contribution in [0.2, 0.25) is 5.02 Å². The average molecular weight is 600 g/mol. The Morgan fingerprint density at radius 1 is 1.05 bits per heavy atom. The molecule has 10 heteroatoms. The number of piperidine rings is 1. The summed E-state index contributed by atoms with van der Waals surface area (Å²) in [7, 11) is 0. The number of ether oxygens (including phenoxy) is 2. The molecule has 0 amide bonds. The molecule has 5 rings (SSSR count). The van der Waals surface area contributed by atoms with Crippen LogP contribution in [-0.4, -0.2) is 24.0 Å². The highest BCUT2D eigenvalue weighted by Gasteiger charge is 2.41. The van der Waals surface area contributed by atoms with E-state index in [2.05, 4.69) is 6.92 Å². The van der Waals surface area contributed by atoms with E-state index in [0.717, 1.165) is 18.4 Å². The minimum absolute atomic E-state index is 0.000332. The Kier molecular flexibility index (Phi) is 8.35. The highest BCUT2D eigenvalue weighted by molar-refractivity contribution is 6.31. The number of carbonyl (C=O) groups excluding carboxylic acids is 1. The molecule has 220 valence electrons. The number of alkyl halides is 3. The van der Waals surface area contributed by atoms with Gasteiger partial charge in [-0.1, -0.05) is 36.2 Å². The topological polar surface area (TPSA) is 69.0 Å². The molecule has 3 aromatic carbocycles. The molecule has 0 unspecified atom stereocenters. The van der Waals surface area contributed by atoms with Gasteiger partial charge in [0.2, 0.25) is 11.2 Å². The van der Waals surface area contributed by atoms with Crippen LogP contribution >= 0.6 is 11.6 Å². The number of hydrogen-bond acceptors (Lipinski definition) is 6. The van der Waals surface area contributed by atoms with Gasteiger partial charge in [-0.25, -0.2) is 4.79 Å². The number of nitrogens with zero attached hydrogens (tertiary/aromatic N) is 1. The lowest BCUT2D eigenvalue weighted by Crippen LogP contribution is -2.32. The van der Waals surface area contributed by atoms with E-state index in [-0.39, 0.29) is 40.1 Å². The molecule has 0 bridgehead atoms. The molecule has 0 spiro atoms. The summed E-state index contributed by atoms with van der Waals surface area (Å²) in [5.41, 5.74) is 0.661. The van der Waals surface area contributed by atoms with Crippen molar-refractivity contribution in [2.75, 3.05) is 13.1 Å². The largest absolute Gasteiger partial charge is 0.453 e. The number of fused-ring (bicyclic) bond motifs is 1. The molecule has 1 saturated heterocycles. The van der Waals surface area contributed by atoms with Crippen molar-refractivity contribution < 1.29 is 31.9 Å². The van der Waals surface area contributed by atoms with Gasteiger partial charge >= 0.3 is 12.1 Å². The van der Waals surface area contributed by atoms with Crippen LogP contribution in [0.1, 0.15) is 52.6 Å². The van der Waals surface area contributed by atoms with E-state index in [4.69, 9.17) is 25.5 Å². The Hall–Kier alpha value is -3.82. The molecule has 0 aliphatic carbocycles. The summed E-state index contributed by atoms with van der Waals surface area (Å²) in [6.07, 6.45) is -3.25. The van der Waals surface area contributed by atoms with E-state index in [1.54, 1.807) is 31.2 Å². The molecule has 42 heavy (non-hydrogen) atoms. The summed E-state index contributed by atoms with van der Waals surface area (Å²) in [5.74, 6) is -2.72. The van der Waals surface area contributed by atoms with Crippen molar-refractivity contribution in [2.24, 2.45) is 5.92 Å². The van der Waals surface area contributed by atoms with Crippen LogP contribution in [0.3, 0.4) is 0 Å². The summed E-state index contributed by atoms with van der Waals surface area (Å²) >= 11 is 6.04. The quantitative estimate of drug-likeness (QED) is 0.164. The highest BCUT2D eigenvalue weighted by atomic mass is 35.5. The van der Waals surface area contributed by atoms with Crippen molar-refractivity contribution in [1.82, 2.24) is 4.90 Å². The van der Waals surface area contributed by atoms with Gasteiger partial charge in [-0.3, -0.25) is 9.69 Å². The highest BCUT2D eigenvalue weighted by Crippen LogP contribution is 2.41. The number of likely N-dealkylation sites (tertiary alicyclic amines) is 1. The first-order chi connectivity index (χ1) is 19.9. The summed E-state index contributed by atoms with van der Waals surface area (Å²) in [6, 6.07) is 13.7. The zero-order valence-electron chi connectivity index (χ0n) is 23.3. The second-order valence-electron chi connectivity index (χ2n) is 10.7. The number of benzene rings is 3. The molecule has 1 fully saturated rings. The number of aryl methyl sites for hydroxylation is 2. The second kappa shape index (κ2) is 11.8. The Bertz CT molecular complexity index is 1690. The minimum atomic E-state index is -5.06. The van der Waals surface area contributed by atoms with Crippen molar-refractivity contribution in [1.29, 1.82) is 0 Å². The summed E-state index contributed by atoms with van der Waals surface area (Å²) < 4.78 is 59.8. The molecule has 0 atom stereocenters. The minimum Gasteiger partial charge on any atom is -0.449 e. The Morgan fingerprint density at radius 2 is 1.74 bits per heavy atom. The molecule has 0 radical (unpaired) electrons. The maximum atomic E-state index is 14.4. The van der Waals surface area contributed by atoms with Gasteiger partial charge in [0.1, 0.15) is 17.1 Å². The standard InChI is InChI=1S/C32H29ClF3NO5/c1-18-4-6-21(7-5-18)31(39)41-26-11-9-23-27(38)29(40-22-8-10-25(33)20(3)16-22)30(32(34,35)36)42-28(23)24(26)17-37-14-12-19(2)13-15-37/h4-11,16,19H,12-15,17H2,1-3H3. The summed E-state index contributed by atoms with van der Waals surface area (Å²) in [5, 5.41) is 0.271. The van der Waals surface area contributed by atoms with Crippen LogP contribution < -0.4 is 14.9 Å². The van der Waals surface area contributed by atoms with Crippen molar-refractivity contribution >= 4 is 28.5 Å². The van der Waals surface area contributed by atoms with Crippen molar-refractivity contribution in [3.8, 4) is 17.2 Å². The molecule has 0 saturated carbocycles. The SMILES string of the molecule is Cc1ccc(C(=O)Oc2ccc3c(=O)c(Oc4ccc(Cl)c(C)c4)c(C(F)(F)F)oc3c2CN2CCC(C)CC2)cc1. The monoisotopic (exact) mass is 599 g/mol. The predicted octanol–water partition coefficient (Wildman–Crippen LogP) is 8.33. The summed E-state index contributed by atoms with van der Waals surface area (Å²) in [6.45, 7) is 7.19. The fraction of sp³-hybridized carbons (Fsp3) is 0.312. The lowest BCUT2D eigenvalue weighted by Gasteiger charge is -2.30. The smallest absolute Gasteiger partial charge is 0.449 e. The predicted molar refractivity (Wildman–Crippen MR) is 154 cm³/mol. The number of hydrogen-bond donors (Lipinski definition) is 0. The van der Waals surface area contributed by atoms with Crippen molar-refractivity contribution in [3.05, 3.63) is 97.9 Å². The molecule has 2 heterocycles. The van der Waals surface area contributed by atoms with E-state index < -0.39 is 29.1 Å². The zero-order chi connectivity index (χ0) is 30.2. The maximum absolute atomic E-state index is 14.4. The molecule has 0 N–H and O–H groups in total. The van der Waals surface area contributed by atoms with E-state index in [1.165, 1.54) is 30.3 Å². The third-order valence-electron chi connectivity index (χ3n) is 7.43. The Morgan fingerprint density at radius 3 is 2.38 bits per heavy atom. The van der Waals surface area contributed by atoms with Gasteiger partial charge < -0.3 is 13.9 Å². The van der Waals surface area contributed by atoms with E-state index in [0.29, 0.717) is 29.6 Å². The van der Waals surface area contributed by atoms with Gasteiger partial charge in [-0.15, -0.1) is 0 Å². The molecule has 1 aliphatic heterocycles. The normalized spacial score (nSPS) is 14.7. The maximum Gasteiger partial charge on any atom is 0.453 e. The van der Waals surface area contributed by atoms with Crippen molar-refractivity contribution in [2.45, 2.75) is 46.3 Å². The Labute approximate surface area is 245 Å². The fourth-order valence-corrected chi connectivity index (χ4v) is 5.01. The van der Waals surface area contributed by atoms with Crippen LogP contribution in [0.4, 0.5) is 13.2 Å². The zero-order valence-corrected chi connectivity index (χ0v) is 24.1. The van der Waals surface area contributed by atoms with Gasteiger partial charge in [0.25, 0.3) is 5.76 Å². The van der Waals surface area contributed by atoms with Gasteiger partial charge in [0.05, 0.1) is 16.5 Å². The fourth-order valence-electron chi connectivity index (χ4n) is 4.89. The molecule has 6 nitrogen and oxygen atoms in total. The van der Waals surface area contributed by atoms with Crippen molar-refractivity contribution in [3.63, 3.8) is 0 Å². The van der Waals surface area contributed by atoms with E-state index >= 15 is 0 Å². The number of carbonyl (C=O) groups is 1. The molecular weight excluding hydrogens is 571 g/mol. The number of esters is 1. The first kappa shape index (κ1) is 29.7. The van der Waals surface area contributed by atoms with Crippen LogP contribution in [0.5, 0.6) is 17.2 Å². The van der Waals surface area contributed by atoms with E-state index in [9.17, 15) is 22.8 Å². The molecule has 1 aliphatic rings.